The Morgan fingerprint density at radius 3 is 0.919 bits per heavy atom. The van der Waals surface area contributed by atoms with Crippen LogP contribution in [0.3, 0.4) is 0 Å². The molecule has 0 aromatic heterocycles. The molecule has 3 aromatic rings. The summed E-state index contributed by atoms with van der Waals surface area (Å²) in [5, 5.41) is 0. The number of hydrogen-bond acceptors (Lipinski definition) is 2. The number of halogens is 3. The lowest BCUT2D eigenvalue weighted by Gasteiger charge is -2.19. The van der Waals surface area contributed by atoms with Crippen molar-refractivity contribution in [2.24, 2.45) is 0 Å². The smallest absolute Gasteiger partial charge is 0.120 e. The van der Waals surface area contributed by atoms with Gasteiger partial charge < -0.3 is 0 Å². The molecular formula is C31H43F3S3. The van der Waals surface area contributed by atoms with Gasteiger partial charge in [0, 0.05) is 9.79 Å². The highest BCUT2D eigenvalue weighted by molar-refractivity contribution is 8.76. The highest BCUT2D eigenvalue weighted by atomic mass is 33.1. The summed E-state index contributed by atoms with van der Waals surface area (Å²) in [5.41, 5.74) is 4.04. The molecule has 0 nitrogen and oxygen atoms in total. The Morgan fingerprint density at radius 2 is 0.703 bits per heavy atom. The quantitative estimate of drug-likeness (QED) is 0.287. The summed E-state index contributed by atoms with van der Waals surface area (Å²) in [4.78, 5) is 2.10. The van der Waals surface area contributed by atoms with E-state index in [1.165, 1.54) is 20.9 Å². The van der Waals surface area contributed by atoms with Crippen LogP contribution in [0.15, 0.2) is 87.5 Å². The second-order valence-corrected chi connectivity index (χ2v) is 15.5. The third-order valence-corrected chi connectivity index (χ3v) is 8.89. The van der Waals surface area contributed by atoms with Crippen molar-refractivity contribution in [3.63, 3.8) is 0 Å². The summed E-state index contributed by atoms with van der Waals surface area (Å²) in [6, 6.07) is 23.3. The normalized spacial score (nSPS) is 12.8. The Balaban J connectivity index is 0.000000396. The lowest BCUT2D eigenvalue weighted by Crippen LogP contribution is -2.10. The van der Waals surface area contributed by atoms with E-state index < -0.39 is 16.1 Å². The number of hydrogen-bond donors (Lipinski definition) is 0. The molecule has 37 heavy (non-hydrogen) atoms. The minimum Gasteiger partial charge on any atom is -0.120 e. The molecule has 0 amide bonds. The molecule has 0 aliphatic carbocycles. The van der Waals surface area contributed by atoms with Gasteiger partial charge in [0.05, 0.1) is 4.90 Å². The van der Waals surface area contributed by atoms with Gasteiger partial charge in [-0.15, -0.1) is 11.7 Å². The molecule has 206 valence electrons. The van der Waals surface area contributed by atoms with E-state index >= 15 is 0 Å². The summed E-state index contributed by atoms with van der Waals surface area (Å²) in [6.45, 7) is 19.4. The van der Waals surface area contributed by atoms with Gasteiger partial charge in [-0.1, -0.05) is 128 Å². The van der Waals surface area contributed by atoms with Gasteiger partial charge in [-0.2, -0.15) is 0 Å². The van der Waals surface area contributed by atoms with E-state index in [4.69, 9.17) is 0 Å². The van der Waals surface area contributed by atoms with Crippen molar-refractivity contribution >= 4 is 32.8 Å². The average Bonchev–Trinajstić information content (AvgIpc) is 2.76. The SMILES string of the molecule is C.CC(C)(C)c1ccc(S(F)(F)F)cc1.CC(C)(C)c1ccc(SSc2ccc(C(C)(C)C)cc2)cc1. The summed E-state index contributed by atoms with van der Waals surface area (Å²) in [6.07, 6.45) is 0. The van der Waals surface area contributed by atoms with E-state index in [1.54, 1.807) is 12.1 Å². The highest BCUT2D eigenvalue weighted by Crippen LogP contribution is 2.60. The van der Waals surface area contributed by atoms with Crippen LogP contribution in [-0.2, 0) is 16.2 Å². The molecule has 0 atom stereocenters. The predicted molar refractivity (Wildman–Crippen MR) is 163 cm³/mol. The van der Waals surface area contributed by atoms with E-state index in [1.807, 2.05) is 42.4 Å². The monoisotopic (exact) mass is 568 g/mol. The van der Waals surface area contributed by atoms with Crippen molar-refractivity contribution in [1.29, 1.82) is 0 Å². The molecule has 0 unspecified atom stereocenters. The average molecular weight is 569 g/mol. The molecule has 0 bridgehead atoms. The van der Waals surface area contributed by atoms with Gasteiger partial charge in [0.25, 0.3) is 0 Å². The van der Waals surface area contributed by atoms with E-state index in [9.17, 15) is 11.7 Å². The van der Waals surface area contributed by atoms with Crippen molar-refractivity contribution in [2.45, 2.75) is 101 Å². The van der Waals surface area contributed by atoms with Crippen LogP contribution in [0.25, 0.3) is 0 Å². The lowest BCUT2D eigenvalue weighted by atomic mass is 9.87. The lowest BCUT2D eigenvalue weighted by molar-refractivity contribution is 0.588. The van der Waals surface area contributed by atoms with Crippen molar-refractivity contribution in [1.82, 2.24) is 0 Å². The minimum absolute atomic E-state index is 0. The van der Waals surface area contributed by atoms with Crippen LogP contribution in [0, 0.1) is 0 Å². The first-order valence-electron chi connectivity index (χ1n) is 12.0. The third kappa shape index (κ3) is 11.0. The molecule has 0 radical (unpaired) electrons. The topological polar surface area (TPSA) is 0 Å². The molecule has 0 spiro atoms. The molecule has 0 N–H and O–H groups in total. The highest BCUT2D eigenvalue weighted by Gasteiger charge is 2.24. The molecule has 0 saturated heterocycles. The van der Waals surface area contributed by atoms with E-state index in [-0.39, 0.29) is 23.7 Å². The van der Waals surface area contributed by atoms with Gasteiger partial charge in [-0.3, -0.25) is 0 Å². The maximum absolute atomic E-state index is 12.3. The van der Waals surface area contributed by atoms with Crippen LogP contribution in [0.1, 0.15) is 86.4 Å². The summed E-state index contributed by atoms with van der Waals surface area (Å²) in [5.74, 6) is 0. The van der Waals surface area contributed by atoms with Crippen LogP contribution < -0.4 is 0 Å². The van der Waals surface area contributed by atoms with Crippen molar-refractivity contribution in [2.75, 3.05) is 0 Å². The van der Waals surface area contributed by atoms with Gasteiger partial charge in [-0.25, -0.2) is 0 Å². The molecule has 3 rings (SSSR count). The Kier molecular flexibility index (Phi) is 11.8. The van der Waals surface area contributed by atoms with Gasteiger partial charge in [0.1, 0.15) is 0 Å². The van der Waals surface area contributed by atoms with Crippen LogP contribution in [-0.4, -0.2) is 0 Å². The Labute approximate surface area is 233 Å². The predicted octanol–water partition coefficient (Wildman–Crippen LogP) is 12.5. The molecule has 0 heterocycles. The Morgan fingerprint density at radius 1 is 0.459 bits per heavy atom. The van der Waals surface area contributed by atoms with Crippen LogP contribution in [0.5, 0.6) is 0 Å². The molecule has 0 saturated carbocycles. The maximum atomic E-state index is 12.3. The van der Waals surface area contributed by atoms with Crippen molar-refractivity contribution in [3.05, 3.63) is 89.5 Å². The first-order valence-corrected chi connectivity index (χ1v) is 15.4. The zero-order valence-electron chi connectivity index (χ0n) is 22.8. The zero-order valence-corrected chi connectivity index (χ0v) is 25.2. The van der Waals surface area contributed by atoms with Crippen LogP contribution in [0.4, 0.5) is 11.7 Å². The first-order chi connectivity index (χ1) is 16.4. The minimum atomic E-state index is -5.07. The van der Waals surface area contributed by atoms with Crippen molar-refractivity contribution in [3.8, 4) is 0 Å². The maximum Gasteiger partial charge on any atom is 0.237 e. The van der Waals surface area contributed by atoms with Gasteiger partial charge in [0.2, 0.25) is 11.2 Å². The molecule has 6 heteroatoms. The van der Waals surface area contributed by atoms with E-state index in [0.29, 0.717) is 0 Å². The number of benzene rings is 3. The second kappa shape index (κ2) is 13.0. The fourth-order valence-electron chi connectivity index (χ4n) is 3.23. The van der Waals surface area contributed by atoms with Gasteiger partial charge in [-0.05, 0) is 69.3 Å². The number of rotatable bonds is 4. The molecular weight excluding hydrogens is 526 g/mol. The Hall–Kier alpha value is -1.50. The summed E-state index contributed by atoms with van der Waals surface area (Å²) in [7, 11) is 3.65. The van der Waals surface area contributed by atoms with E-state index in [0.717, 1.165) is 17.7 Å². The van der Waals surface area contributed by atoms with E-state index in [2.05, 4.69) is 90.1 Å². The summed E-state index contributed by atoms with van der Waals surface area (Å²) < 4.78 is 36.9. The largest absolute Gasteiger partial charge is 0.237 e. The van der Waals surface area contributed by atoms with Crippen LogP contribution in [0.2, 0.25) is 0 Å². The standard InChI is InChI=1S/C20H26S2.C10H13F3S.CH4/c1-19(2,3)15-7-11-17(12-8-15)21-22-18-13-9-16(10-14-18)20(4,5)6;1-10(2,3)8-4-6-9(7-5-8)14(11,12)13;/h7-14H,1-6H3;4-7H,1-3H3;1H4. The second-order valence-electron chi connectivity index (χ2n) is 11.9. The van der Waals surface area contributed by atoms with Crippen LogP contribution >= 0.6 is 32.8 Å². The van der Waals surface area contributed by atoms with Gasteiger partial charge in [0.15, 0.2) is 0 Å². The van der Waals surface area contributed by atoms with Crippen molar-refractivity contribution < 1.29 is 11.7 Å². The fourth-order valence-corrected chi connectivity index (χ4v) is 5.60. The zero-order chi connectivity index (χ0) is 27.4. The molecule has 0 fully saturated rings. The molecule has 0 aliphatic rings. The third-order valence-electron chi connectivity index (χ3n) is 5.66. The van der Waals surface area contributed by atoms with Gasteiger partial charge >= 0.3 is 0 Å². The Bertz CT molecular complexity index is 989. The molecule has 0 aliphatic heterocycles. The fraction of sp³-hybridized carbons (Fsp3) is 0.419. The molecule has 3 aromatic carbocycles. The summed E-state index contributed by atoms with van der Waals surface area (Å²) >= 11 is -5.07. The first kappa shape index (κ1) is 33.5.